The lowest BCUT2D eigenvalue weighted by Gasteiger charge is -2.23. The molecule has 22 heavy (non-hydrogen) atoms. The van der Waals surface area contributed by atoms with Crippen molar-refractivity contribution < 1.29 is 4.79 Å². The Kier molecular flexibility index (Phi) is 5.62. The van der Waals surface area contributed by atoms with Crippen molar-refractivity contribution in [2.45, 2.75) is 54.1 Å². The van der Waals surface area contributed by atoms with Crippen LogP contribution >= 0.6 is 0 Å². The van der Waals surface area contributed by atoms with Gasteiger partial charge < -0.3 is 4.90 Å². The van der Waals surface area contributed by atoms with E-state index in [1.165, 1.54) is 11.3 Å². The Hall–Kier alpha value is -1.36. The lowest BCUT2D eigenvalue weighted by Crippen LogP contribution is -2.35. The summed E-state index contributed by atoms with van der Waals surface area (Å²) in [4.78, 5) is 16.6. The molecule has 1 aromatic heterocycles. The van der Waals surface area contributed by atoms with Crippen LogP contribution in [0.2, 0.25) is 0 Å². The van der Waals surface area contributed by atoms with Gasteiger partial charge in [0.25, 0.3) is 0 Å². The first kappa shape index (κ1) is 17.0. The van der Waals surface area contributed by atoms with E-state index < -0.39 is 0 Å². The topological polar surface area (TPSA) is 41.4 Å². The minimum absolute atomic E-state index is 0.300. The Morgan fingerprint density at radius 2 is 1.91 bits per heavy atom. The fraction of sp³-hybridized carbons (Fsp3) is 0.765. The number of hydrogen-bond donors (Lipinski definition) is 0. The molecule has 1 aliphatic heterocycles. The summed E-state index contributed by atoms with van der Waals surface area (Å²) in [6.07, 6.45) is 0.632. The Labute approximate surface area is 134 Å². The van der Waals surface area contributed by atoms with Crippen LogP contribution in [-0.4, -0.2) is 51.7 Å². The Balaban J connectivity index is 2.03. The predicted octanol–water partition coefficient (Wildman–Crippen LogP) is 2.21. The number of nitrogens with zero attached hydrogens (tertiary/aromatic N) is 4. The van der Waals surface area contributed by atoms with Gasteiger partial charge in [-0.1, -0.05) is 13.8 Å². The van der Waals surface area contributed by atoms with E-state index in [1.54, 1.807) is 0 Å². The van der Waals surface area contributed by atoms with Gasteiger partial charge in [0.05, 0.1) is 5.69 Å². The van der Waals surface area contributed by atoms with E-state index in [4.69, 9.17) is 0 Å². The predicted molar refractivity (Wildman–Crippen MR) is 88.7 cm³/mol. The third kappa shape index (κ3) is 3.88. The van der Waals surface area contributed by atoms with Crippen molar-refractivity contribution in [2.75, 3.05) is 26.2 Å². The molecule has 2 heterocycles. The van der Waals surface area contributed by atoms with Gasteiger partial charge in [-0.25, -0.2) is 0 Å². The van der Waals surface area contributed by atoms with E-state index in [0.29, 0.717) is 18.2 Å². The SMILES string of the molecule is CCn1nc(C)c(CN2CCC(=O)N(CC(C)C)CC2)c1C. The molecule has 5 nitrogen and oxygen atoms in total. The van der Waals surface area contributed by atoms with Crippen LogP contribution in [-0.2, 0) is 17.9 Å². The van der Waals surface area contributed by atoms with Crippen molar-refractivity contribution >= 4 is 5.91 Å². The Bertz CT molecular complexity index is 521. The highest BCUT2D eigenvalue weighted by atomic mass is 16.2. The molecule has 5 heteroatoms. The molecule has 0 unspecified atom stereocenters. The van der Waals surface area contributed by atoms with Crippen molar-refractivity contribution in [2.24, 2.45) is 5.92 Å². The van der Waals surface area contributed by atoms with Crippen molar-refractivity contribution in [1.29, 1.82) is 0 Å². The van der Waals surface area contributed by atoms with Gasteiger partial charge in [0.2, 0.25) is 5.91 Å². The monoisotopic (exact) mass is 306 g/mol. The number of aryl methyl sites for hydroxylation is 2. The van der Waals surface area contributed by atoms with Crippen LogP contribution in [0.3, 0.4) is 0 Å². The zero-order valence-corrected chi connectivity index (χ0v) is 14.7. The lowest BCUT2D eigenvalue weighted by molar-refractivity contribution is -0.130. The highest BCUT2D eigenvalue weighted by molar-refractivity contribution is 5.76. The molecule has 0 aromatic carbocycles. The second-order valence-corrected chi connectivity index (χ2v) is 6.72. The second-order valence-electron chi connectivity index (χ2n) is 6.72. The van der Waals surface area contributed by atoms with Crippen LogP contribution in [0.1, 0.15) is 44.1 Å². The number of aromatic nitrogens is 2. The highest BCUT2D eigenvalue weighted by Gasteiger charge is 2.23. The molecule has 0 aliphatic carbocycles. The molecule has 124 valence electrons. The number of hydrogen-bond acceptors (Lipinski definition) is 3. The number of carbonyl (C=O) groups excluding carboxylic acids is 1. The normalized spacial score (nSPS) is 17.4. The third-order valence-corrected chi connectivity index (χ3v) is 4.48. The zero-order chi connectivity index (χ0) is 16.3. The summed E-state index contributed by atoms with van der Waals surface area (Å²) in [5.74, 6) is 0.830. The van der Waals surface area contributed by atoms with Crippen LogP contribution in [0.4, 0.5) is 0 Å². The van der Waals surface area contributed by atoms with E-state index in [9.17, 15) is 4.79 Å². The summed E-state index contributed by atoms with van der Waals surface area (Å²) < 4.78 is 2.07. The van der Waals surface area contributed by atoms with E-state index in [1.807, 2.05) is 4.90 Å². The number of amides is 1. The van der Waals surface area contributed by atoms with E-state index in [2.05, 4.69) is 49.3 Å². The first-order valence-corrected chi connectivity index (χ1v) is 8.45. The molecule has 0 saturated carbocycles. The lowest BCUT2D eigenvalue weighted by atomic mass is 10.2. The minimum Gasteiger partial charge on any atom is -0.341 e. The van der Waals surface area contributed by atoms with Gasteiger partial charge in [0, 0.05) is 56.9 Å². The van der Waals surface area contributed by atoms with Gasteiger partial charge in [0.1, 0.15) is 0 Å². The molecule has 1 fully saturated rings. The fourth-order valence-electron chi connectivity index (χ4n) is 3.20. The molecule has 1 amide bonds. The number of rotatable bonds is 5. The van der Waals surface area contributed by atoms with E-state index in [0.717, 1.165) is 45.0 Å². The summed E-state index contributed by atoms with van der Waals surface area (Å²) in [7, 11) is 0. The zero-order valence-electron chi connectivity index (χ0n) is 14.7. The standard InChI is InChI=1S/C17H30N4O/c1-6-21-15(5)16(14(4)18-21)12-19-8-7-17(22)20(10-9-19)11-13(2)3/h13H,6-12H2,1-5H3. The van der Waals surface area contributed by atoms with Crippen LogP contribution in [0, 0.1) is 19.8 Å². The van der Waals surface area contributed by atoms with Gasteiger partial charge in [-0.15, -0.1) is 0 Å². The Morgan fingerprint density at radius 1 is 1.18 bits per heavy atom. The molecule has 0 radical (unpaired) electrons. The molecule has 1 aromatic rings. The van der Waals surface area contributed by atoms with Gasteiger partial charge in [-0.3, -0.25) is 14.4 Å². The average molecular weight is 306 g/mol. The van der Waals surface area contributed by atoms with E-state index >= 15 is 0 Å². The Morgan fingerprint density at radius 3 is 2.50 bits per heavy atom. The molecule has 0 N–H and O–H groups in total. The first-order chi connectivity index (χ1) is 10.4. The van der Waals surface area contributed by atoms with Crippen molar-refractivity contribution in [1.82, 2.24) is 19.6 Å². The van der Waals surface area contributed by atoms with Gasteiger partial charge >= 0.3 is 0 Å². The van der Waals surface area contributed by atoms with Gasteiger partial charge in [-0.05, 0) is 26.7 Å². The quantitative estimate of drug-likeness (QED) is 0.837. The third-order valence-electron chi connectivity index (χ3n) is 4.48. The molecular formula is C17H30N4O. The minimum atomic E-state index is 0.300. The number of carbonyl (C=O) groups is 1. The molecule has 0 atom stereocenters. The summed E-state index contributed by atoms with van der Waals surface area (Å²) in [6, 6.07) is 0. The first-order valence-electron chi connectivity index (χ1n) is 8.45. The molecule has 0 bridgehead atoms. The van der Waals surface area contributed by atoms with Crippen molar-refractivity contribution in [3.63, 3.8) is 0 Å². The second kappa shape index (κ2) is 7.27. The summed E-state index contributed by atoms with van der Waals surface area (Å²) >= 11 is 0. The van der Waals surface area contributed by atoms with Gasteiger partial charge in [-0.2, -0.15) is 5.10 Å². The van der Waals surface area contributed by atoms with E-state index in [-0.39, 0.29) is 0 Å². The fourth-order valence-corrected chi connectivity index (χ4v) is 3.20. The smallest absolute Gasteiger partial charge is 0.223 e. The maximum Gasteiger partial charge on any atom is 0.223 e. The van der Waals surface area contributed by atoms with Crippen LogP contribution in [0.15, 0.2) is 0 Å². The maximum absolute atomic E-state index is 12.2. The van der Waals surface area contributed by atoms with Crippen LogP contribution in [0.25, 0.3) is 0 Å². The maximum atomic E-state index is 12.2. The largest absolute Gasteiger partial charge is 0.341 e. The summed E-state index contributed by atoms with van der Waals surface area (Å²) in [5, 5.41) is 4.60. The molecule has 1 aliphatic rings. The summed E-state index contributed by atoms with van der Waals surface area (Å²) in [5.41, 5.74) is 3.70. The van der Waals surface area contributed by atoms with Crippen LogP contribution in [0.5, 0.6) is 0 Å². The van der Waals surface area contributed by atoms with Crippen molar-refractivity contribution in [3.05, 3.63) is 17.0 Å². The molecular weight excluding hydrogens is 276 g/mol. The summed E-state index contributed by atoms with van der Waals surface area (Å²) in [6.45, 7) is 16.0. The highest BCUT2D eigenvalue weighted by Crippen LogP contribution is 2.17. The molecule has 1 saturated heterocycles. The van der Waals surface area contributed by atoms with Crippen LogP contribution < -0.4 is 0 Å². The van der Waals surface area contributed by atoms with Gasteiger partial charge in [0.15, 0.2) is 0 Å². The van der Waals surface area contributed by atoms with Crippen molar-refractivity contribution in [3.8, 4) is 0 Å². The average Bonchev–Trinajstić information content (AvgIpc) is 2.62. The molecule has 2 rings (SSSR count). The molecule has 0 spiro atoms.